The summed E-state index contributed by atoms with van der Waals surface area (Å²) >= 11 is 0. The number of hydrogen-bond acceptors (Lipinski definition) is 5. The molecule has 1 aliphatic rings. The number of morpholine rings is 1. The first-order chi connectivity index (χ1) is 13.4. The van der Waals surface area contributed by atoms with E-state index in [1.807, 2.05) is 30.3 Å². The van der Waals surface area contributed by atoms with E-state index in [2.05, 4.69) is 0 Å². The molecule has 1 amide bonds. The van der Waals surface area contributed by atoms with Crippen LogP contribution in [-0.2, 0) is 26.1 Å². The molecule has 1 fully saturated rings. The number of rotatable bonds is 7. The number of carbonyl (C=O) groups excluding carboxylic acids is 1. The van der Waals surface area contributed by atoms with E-state index < -0.39 is 10.0 Å². The standard InChI is InChI=1S/C20H24N2O5S/c1-28(24,25)22(15-17-5-3-2-4-6-17)18-7-9-19(10-8-18)27-16-20(23)21-11-13-26-14-12-21/h2-10H,11-16H2,1H3. The minimum atomic E-state index is -3.45. The molecule has 0 aliphatic carbocycles. The second-order valence-corrected chi connectivity index (χ2v) is 8.44. The molecular weight excluding hydrogens is 380 g/mol. The van der Waals surface area contributed by atoms with E-state index in [1.54, 1.807) is 29.2 Å². The molecule has 0 bridgehead atoms. The smallest absolute Gasteiger partial charge is 0.260 e. The second kappa shape index (κ2) is 9.07. The lowest BCUT2D eigenvalue weighted by molar-refractivity contribution is -0.137. The zero-order valence-electron chi connectivity index (χ0n) is 15.8. The van der Waals surface area contributed by atoms with Crippen LogP contribution in [0.1, 0.15) is 5.56 Å². The van der Waals surface area contributed by atoms with Crippen molar-refractivity contribution in [3.63, 3.8) is 0 Å². The van der Waals surface area contributed by atoms with E-state index in [4.69, 9.17) is 9.47 Å². The molecule has 28 heavy (non-hydrogen) atoms. The van der Waals surface area contributed by atoms with Gasteiger partial charge in [-0.15, -0.1) is 0 Å². The first kappa shape index (κ1) is 20.2. The highest BCUT2D eigenvalue weighted by Crippen LogP contribution is 2.23. The van der Waals surface area contributed by atoms with Crippen LogP contribution in [0.15, 0.2) is 54.6 Å². The first-order valence-corrected chi connectivity index (χ1v) is 10.9. The van der Waals surface area contributed by atoms with E-state index in [0.29, 0.717) is 37.7 Å². The molecule has 8 heteroatoms. The molecule has 1 heterocycles. The number of sulfonamides is 1. The summed E-state index contributed by atoms with van der Waals surface area (Å²) < 4.78 is 36.6. The Morgan fingerprint density at radius 1 is 1.07 bits per heavy atom. The summed E-state index contributed by atoms with van der Waals surface area (Å²) in [6.45, 7) is 2.43. The lowest BCUT2D eigenvalue weighted by atomic mass is 10.2. The van der Waals surface area contributed by atoms with Crippen molar-refractivity contribution in [1.82, 2.24) is 4.90 Å². The third-order valence-corrected chi connectivity index (χ3v) is 5.56. The van der Waals surface area contributed by atoms with Gasteiger partial charge >= 0.3 is 0 Å². The Kier molecular flexibility index (Phi) is 6.53. The molecule has 3 rings (SSSR count). The van der Waals surface area contributed by atoms with Gasteiger partial charge in [0.25, 0.3) is 5.91 Å². The molecule has 1 saturated heterocycles. The van der Waals surface area contributed by atoms with Gasteiger partial charge in [-0.3, -0.25) is 9.10 Å². The minimum absolute atomic E-state index is 0.0564. The zero-order valence-corrected chi connectivity index (χ0v) is 16.6. The van der Waals surface area contributed by atoms with Crippen molar-refractivity contribution in [2.45, 2.75) is 6.54 Å². The third-order valence-electron chi connectivity index (χ3n) is 4.42. The van der Waals surface area contributed by atoms with Gasteiger partial charge in [0.05, 0.1) is 31.7 Å². The van der Waals surface area contributed by atoms with E-state index in [-0.39, 0.29) is 19.1 Å². The Labute approximate surface area is 165 Å². The van der Waals surface area contributed by atoms with Crippen LogP contribution in [-0.4, -0.2) is 58.4 Å². The number of amides is 1. The monoisotopic (exact) mass is 404 g/mol. The van der Waals surface area contributed by atoms with Gasteiger partial charge in [-0.05, 0) is 29.8 Å². The van der Waals surface area contributed by atoms with Crippen molar-refractivity contribution < 1.29 is 22.7 Å². The van der Waals surface area contributed by atoms with Crippen LogP contribution in [0, 0.1) is 0 Å². The van der Waals surface area contributed by atoms with Crippen molar-refractivity contribution in [3.05, 3.63) is 60.2 Å². The van der Waals surface area contributed by atoms with Crippen LogP contribution in [0.4, 0.5) is 5.69 Å². The van der Waals surface area contributed by atoms with Crippen molar-refractivity contribution in [2.75, 3.05) is 43.5 Å². The zero-order chi connectivity index (χ0) is 20.0. The Morgan fingerprint density at radius 2 is 1.71 bits per heavy atom. The summed E-state index contributed by atoms with van der Waals surface area (Å²) in [4.78, 5) is 13.9. The number of carbonyl (C=O) groups is 1. The Bertz CT molecular complexity index is 879. The van der Waals surface area contributed by atoms with Gasteiger partial charge in [-0.25, -0.2) is 8.42 Å². The molecule has 0 saturated carbocycles. The van der Waals surface area contributed by atoms with Crippen LogP contribution in [0.3, 0.4) is 0 Å². The number of nitrogens with zero attached hydrogens (tertiary/aromatic N) is 2. The number of ether oxygens (including phenoxy) is 2. The highest BCUT2D eigenvalue weighted by molar-refractivity contribution is 7.92. The average Bonchev–Trinajstić information content (AvgIpc) is 2.71. The highest BCUT2D eigenvalue weighted by atomic mass is 32.2. The molecule has 1 aliphatic heterocycles. The minimum Gasteiger partial charge on any atom is -0.484 e. The molecule has 150 valence electrons. The van der Waals surface area contributed by atoms with E-state index in [0.717, 1.165) is 5.56 Å². The highest BCUT2D eigenvalue weighted by Gasteiger charge is 2.19. The molecule has 0 atom stereocenters. The molecule has 0 aromatic heterocycles. The summed E-state index contributed by atoms with van der Waals surface area (Å²) in [5, 5.41) is 0. The fourth-order valence-electron chi connectivity index (χ4n) is 2.91. The molecule has 0 spiro atoms. The van der Waals surface area contributed by atoms with Crippen LogP contribution in [0.5, 0.6) is 5.75 Å². The maximum atomic E-state index is 12.2. The van der Waals surface area contributed by atoms with Gasteiger partial charge in [0.2, 0.25) is 10.0 Å². The van der Waals surface area contributed by atoms with Crippen LogP contribution in [0.2, 0.25) is 0 Å². The largest absolute Gasteiger partial charge is 0.484 e. The van der Waals surface area contributed by atoms with Crippen LogP contribution >= 0.6 is 0 Å². The van der Waals surface area contributed by atoms with E-state index in [1.165, 1.54) is 10.6 Å². The lowest BCUT2D eigenvalue weighted by Crippen LogP contribution is -2.42. The summed E-state index contributed by atoms with van der Waals surface area (Å²) in [6.07, 6.45) is 1.18. The van der Waals surface area contributed by atoms with E-state index >= 15 is 0 Å². The quantitative estimate of drug-likeness (QED) is 0.704. The maximum absolute atomic E-state index is 12.2. The van der Waals surface area contributed by atoms with E-state index in [9.17, 15) is 13.2 Å². The molecule has 7 nitrogen and oxygen atoms in total. The fourth-order valence-corrected chi connectivity index (χ4v) is 3.80. The molecule has 2 aromatic carbocycles. The van der Waals surface area contributed by atoms with Gasteiger partial charge in [-0.2, -0.15) is 0 Å². The topological polar surface area (TPSA) is 76.2 Å². The predicted octanol–water partition coefficient (Wildman–Crippen LogP) is 1.89. The predicted molar refractivity (Wildman–Crippen MR) is 107 cm³/mol. The fraction of sp³-hybridized carbons (Fsp3) is 0.350. The maximum Gasteiger partial charge on any atom is 0.260 e. The first-order valence-electron chi connectivity index (χ1n) is 9.03. The summed E-state index contributed by atoms with van der Waals surface area (Å²) in [7, 11) is -3.45. The number of anilines is 1. The average molecular weight is 404 g/mol. The number of hydrogen-bond donors (Lipinski definition) is 0. The van der Waals surface area contributed by atoms with Gasteiger partial charge in [0.1, 0.15) is 5.75 Å². The van der Waals surface area contributed by atoms with Crippen LogP contribution in [0.25, 0.3) is 0 Å². The van der Waals surface area contributed by atoms with Gasteiger partial charge < -0.3 is 14.4 Å². The second-order valence-electron chi connectivity index (χ2n) is 6.53. The normalized spacial score (nSPS) is 14.5. The van der Waals surface area contributed by atoms with Gasteiger partial charge in [0, 0.05) is 13.1 Å². The van der Waals surface area contributed by atoms with Crippen molar-refractivity contribution in [1.29, 1.82) is 0 Å². The summed E-state index contributed by atoms with van der Waals surface area (Å²) in [5.41, 5.74) is 1.43. The van der Waals surface area contributed by atoms with Crippen molar-refractivity contribution in [2.24, 2.45) is 0 Å². The molecule has 2 aromatic rings. The van der Waals surface area contributed by atoms with Crippen molar-refractivity contribution >= 4 is 21.6 Å². The van der Waals surface area contributed by atoms with Crippen molar-refractivity contribution in [3.8, 4) is 5.75 Å². The Hall–Kier alpha value is -2.58. The summed E-state index contributed by atoms with van der Waals surface area (Å²) in [6, 6.07) is 16.1. The van der Waals surface area contributed by atoms with Gasteiger partial charge in [-0.1, -0.05) is 30.3 Å². The Morgan fingerprint density at radius 3 is 2.32 bits per heavy atom. The summed E-state index contributed by atoms with van der Waals surface area (Å²) in [5.74, 6) is 0.424. The number of benzene rings is 2. The van der Waals surface area contributed by atoms with Gasteiger partial charge in [0.15, 0.2) is 6.61 Å². The molecule has 0 N–H and O–H groups in total. The molecule has 0 radical (unpaired) electrons. The molecule has 0 unspecified atom stereocenters. The third kappa shape index (κ3) is 5.46. The lowest BCUT2D eigenvalue weighted by Gasteiger charge is -2.26. The SMILES string of the molecule is CS(=O)(=O)N(Cc1ccccc1)c1ccc(OCC(=O)N2CCOCC2)cc1. The van der Waals surface area contributed by atoms with Crippen LogP contribution < -0.4 is 9.04 Å². The molecular formula is C20H24N2O5S. The Balaban J connectivity index is 1.64.